The Balaban J connectivity index is 2.52. The number of phenols is 1. The molecule has 2 aromatic rings. The third-order valence-corrected chi connectivity index (χ3v) is 3.07. The maximum atomic E-state index is 10.5. The van der Waals surface area contributed by atoms with Gasteiger partial charge in [-0.05, 0) is 30.3 Å². The minimum Gasteiger partial charge on any atom is -0.507 e. The molecule has 0 aliphatic carbocycles. The largest absolute Gasteiger partial charge is 0.507 e. The van der Waals surface area contributed by atoms with E-state index in [2.05, 4.69) is 0 Å². The lowest BCUT2D eigenvalue weighted by Crippen LogP contribution is -1.84. The Labute approximate surface area is 90.8 Å². The number of phenolic OH excluding ortho intramolecular Hbond substituents is 1. The Bertz CT molecular complexity index is 505. The lowest BCUT2D eigenvalue weighted by Gasteiger charge is -2.02. The molecular formula is C11H9NO2S. The molecule has 0 aliphatic rings. The summed E-state index contributed by atoms with van der Waals surface area (Å²) in [7, 11) is 0. The summed E-state index contributed by atoms with van der Waals surface area (Å²) in [5, 5.41) is 9.63. The van der Waals surface area contributed by atoms with Gasteiger partial charge < -0.3 is 10.8 Å². The van der Waals surface area contributed by atoms with E-state index in [4.69, 9.17) is 5.73 Å². The normalized spacial score (nSPS) is 10.1. The summed E-state index contributed by atoms with van der Waals surface area (Å²) in [6, 6.07) is 8.38. The van der Waals surface area contributed by atoms with Crippen LogP contribution in [0.2, 0.25) is 0 Å². The zero-order valence-corrected chi connectivity index (χ0v) is 8.62. The molecule has 0 amide bonds. The molecule has 1 aromatic heterocycles. The number of aldehydes is 1. The van der Waals surface area contributed by atoms with Gasteiger partial charge in [-0.3, -0.25) is 4.79 Å². The van der Waals surface area contributed by atoms with Gasteiger partial charge in [-0.15, -0.1) is 11.3 Å². The molecule has 15 heavy (non-hydrogen) atoms. The molecule has 0 fully saturated rings. The number of benzene rings is 1. The Morgan fingerprint density at radius 3 is 2.73 bits per heavy atom. The molecule has 3 N–H and O–H groups in total. The van der Waals surface area contributed by atoms with Gasteiger partial charge in [-0.25, -0.2) is 0 Å². The highest BCUT2D eigenvalue weighted by atomic mass is 32.1. The van der Waals surface area contributed by atoms with Gasteiger partial charge >= 0.3 is 0 Å². The van der Waals surface area contributed by atoms with Gasteiger partial charge in [-0.1, -0.05) is 0 Å². The van der Waals surface area contributed by atoms with E-state index in [1.165, 1.54) is 11.3 Å². The number of nitrogens with two attached hydrogens (primary N) is 1. The second kappa shape index (κ2) is 3.74. The van der Waals surface area contributed by atoms with Crippen LogP contribution in [0, 0.1) is 0 Å². The van der Waals surface area contributed by atoms with Crippen LogP contribution < -0.4 is 5.73 Å². The van der Waals surface area contributed by atoms with Gasteiger partial charge in [0.15, 0.2) is 6.29 Å². The molecule has 0 saturated carbocycles. The molecule has 1 heterocycles. The number of aromatic hydroxyl groups is 1. The molecule has 1 aromatic carbocycles. The van der Waals surface area contributed by atoms with Crippen LogP contribution in [-0.2, 0) is 0 Å². The van der Waals surface area contributed by atoms with Crippen molar-refractivity contribution >= 4 is 23.3 Å². The third kappa shape index (κ3) is 1.85. The van der Waals surface area contributed by atoms with Gasteiger partial charge in [0.25, 0.3) is 0 Å². The van der Waals surface area contributed by atoms with Gasteiger partial charge in [0.05, 0.1) is 4.88 Å². The van der Waals surface area contributed by atoms with Crippen molar-refractivity contribution in [3.05, 3.63) is 35.2 Å². The zero-order chi connectivity index (χ0) is 10.8. The van der Waals surface area contributed by atoms with Crippen LogP contribution in [0.25, 0.3) is 10.4 Å². The summed E-state index contributed by atoms with van der Waals surface area (Å²) in [6.07, 6.45) is 0.789. The van der Waals surface area contributed by atoms with Crippen molar-refractivity contribution in [1.82, 2.24) is 0 Å². The molecule has 0 aliphatic heterocycles. The first kappa shape index (κ1) is 9.73. The monoisotopic (exact) mass is 219 g/mol. The summed E-state index contributed by atoms with van der Waals surface area (Å²) < 4.78 is 0. The van der Waals surface area contributed by atoms with Gasteiger partial charge in [0, 0.05) is 16.1 Å². The number of carbonyl (C=O) groups is 1. The maximum absolute atomic E-state index is 10.5. The molecule has 0 bridgehead atoms. The molecule has 4 heteroatoms. The fourth-order valence-electron chi connectivity index (χ4n) is 1.31. The minimum absolute atomic E-state index is 0.170. The maximum Gasteiger partial charge on any atom is 0.160 e. The summed E-state index contributed by atoms with van der Waals surface area (Å²) >= 11 is 1.33. The number of hydrogen-bond acceptors (Lipinski definition) is 4. The molecule has 76 valence electrons. The van der Waals surface area contributed by atoms with E-state index in [-0.39, 0.29) is 5.75 Å². The van der Waals surface area contributed by atoms with E-state index in [9.17, 15) is 9.90 Å². The van der Waals surface area contributed by atoms with Crippen molar-refractivity contribution in [3.8, 4) is 16.2 Å². The fraction of sp³-hybridized carbons (Fsp3) is 0. The van der Waals surface area contributed by atoms with Crippen molar-refractivity contribution in [3.63, 3.8) is 0 Å². The first-order valence-corrected chi connectivity index (χ1v) is 5.16. The zero-order valence-electron chi connectivity index (χ0n) is 7.81. The molecule has 0 saturated heterocycles. The average molecular weight is 219 g/mol. The van der Waals surface area contributed by atoms with Crippen LogP contribution in [0.4, 0.5) is 5.69 Å². The highest BCUT2D eigenvalue weighted by Gasteiger charge is 2.07. The molecule has 0 atom stereocenters. The number of anilines is 1. The van der Waals surface area contributed by atoms with Crippen LogP contribution in [0.5, 0.6) is 5.75 Å². The predicted octanol–water partition coefficient (Wildman–Crippen LogP) is 2.52. The lowest BCUT2D eigenvalue weighted by atomic mass is 10.1. The second-order valence-electron chi connectivity index (χ2n) is 3.10. The third-order valence-electron chi connectivity index (χ3n) is 2.03. The quantitative estimate of drug-likeness (QED) is 0.463. The summed E-state index contributed by atoms with van der Waals surface area (Å²) in [5.41, 5.74) is 6.88. The molecule has 0 radical (unpaired) electrons. The van der Waals surface area contributed by atoms with Crippen LogP contribution in [0.1, 0.15) is 9.67 Å². The van der Waals surface area contributed by atoms with Gasteiger partial charge in [-0.2, -0.15) is 0 Å². The highest BCUT2D eigenvalue weighted by Crippen LogP contribution is 2.35. The smallest absolute Gasteiger partial charge is 0.160 e. The summed E-state index contributed by atoms with van der Waals surface area (Å²) in [6.45, 7) is 0. The van der Waals surface area contributed by atoms with Crippen molar-refractivity contribution in [1.29, 1.82) is 0 Å². The van der Waals surface area contributed by atoms with Crippen LogP contribution in [-0.4, -0.2) is 11.4 Å². The fourth-order valence-corrected chi connectivity index (χ4v) is 2.16. The Hall–Kier alpha value is -1.81. The molecule has 3 nitrogen and oxygen atoms in total. The number of carbonyl (C=O) groups excluding carboxylic acids is 1. The van der Waals surface area contributed by atoms with E-state index >= 15 is 0 Å². The average Bonchev–Trinajstić information content (AvgIpc) is 2.70. The number of hydrogen-bond donors (Lipinski definition) is 2. The number of thiophene rings is 1. The van der Waals surface area contributed by atoms with E-state index < -0.39 is 0 Å². The van der Waals surface area contributed by atoms with Crippen LogP contribution >= 0.6 is 11.3 Å². The van der Waals surface area contributed by atoms with Crippen molar-refractivity contribution in [2.45, 2.75) is 0 Å². The molecule has 0 unspecified atom stereocenters. The van der Waals surface area contributed by atoms with Crippen molar-refractivity contribution < 1.29 is 9.90 Å². The Kier molecular flexibility index (Phi) is 2.43. The van der Waals surface area contributed by atoms with Crippen molar-refractivity contribution in [2.75, 3.05) is 5.73 Å². The van der Waals surface area contributed by atoms with Gasteiger partial charge in [0.1, 0.15) is 5.75 Å². The van der Waals surface area contributed by atoms with Crippen LogP contribution in [0.15, 0.2) is 30.3 Å². The standard InChI is InChI=1S/C11H9NO2S/c12-7-1-3-10(14)9(5-7)11-4-2-8(6-13)15-11/h1-6,14H,12H2. The predicted molar refractivity (Wildman–Crippen MR) is 61.2 cm³/mol. The number of nitrogen functional groups attached to an aromatic ring is 1. The summed E-state index contributed by atoms with van der Waals surface area (Å²) in [4.78, 5) is 12.0. The molecular weight excluding hydrogens is 210 g/mol. The van der Waals surface area contributed by atoms with E-state index in [1.807, 2.05) is 0 Å². The van der Waals surface area contributed by atoms with E-state index in [1.54, 1.807) is 30.3 Å². The Morgan fingerprint density at radius 1 is 1.27 bits per heavy atom. The van der Waals surface area contributed by atoms with Crippen molar-refractivity contribution in [2.24, 2.45) is 0 Å². The van der Waals surface area contributed by atoms with Crippen LogP contribution in [0.3, 0.4) is 0 Å². The van der Waals surface area contributed by atoms with E-state index in [0.29, 0.717) is 16.1 Å². The number of rotatable bonds is 2. The highest BCUT2D eigenvalue weighted by molar-refractivity contribution is 7.17. The lowest BCUT2D eigenvalue weighted by molar-refractivity contribution is 0.112. The summed E-state index contributed by atoms with van der Waals surface area (Å²) in [5.74, 6) is 0.170. The van der Waals surface area contributed by atoms with Gasteiger partial charge in [0.2, 0.25) is 0 Å². The molecule has 0 spiro atoms. The minimum atomic E-state index is 0.170. The topological polar surface area (TPSA) is 63.3 Å². The second-order valence-corrected chi connectivity index (χ2v) is 4.21. The first-order chi connectivity index (χ1) is 7.20. The first-order valence-electron chi connectivity index (χ1n) is 4.34. The van der Waals surface area contributed by atoms with E-state index in [0.717, 1.165) is 11.2 Å². The SMILES string of the molecule is Nc1ccc(O)c(-c2ccc(C=O)s2)c1. The molecule has 2 rings (SSSR count). The Morgan fingerprint density at radius 2 is 2.07 bits per heavy atom.